The Morgan fingerprint density at radius 1 is 1.64 bits per heavy atom. The second kappa shape index (κ2) is 3.96. The van der Waals surface area contributed by atoms with E-state index in [4.69, 9.17) is 0 Å². The van der Waals surface area contributed by atoms with Crippen molar-refractivity contribution in [2.45, 2.75) is 31.8 Å². The average Bonchev–Trinajstić information content (AvgIpc) is 2.09. The second-order valence-electron chi connectivity index (χ2n) is 4.09. The number of ether oxygens (including phenoxy) is 1. The zero-order chi connectivity index (χ0) is 10.8. The van der Waals surface area contributed by atoms with Crippen LogP contribution in [0.2, 0.25) is 0 Å². The Hall–Kier alpha value is -1.10. The van der Waals surface area contributed by atoms with E-state index in [9.17, 15) is 9.59 Å². The molecule has 14 heavy (non-hydrogen) atoms. The maximum atomic E-state index is 11.5. The van der Waals surface area contributed by atoms with E-state index in [1.807, 2.05) is 13.8 Å². The first-order chi connectivity index (χ1) is 6.44. The van der Waals surface area contributed by atoms with Gasteiger partial charge < -0.3 is 15.4 Å². The van der Waals surface area contributed by atoms with E-state index in [0.717, 1.165) is 0 Å². The molecule has 80 valence electrons. The molecule has 0 saturated carbocycles. The minimum absolute atomic E-state index is 0.0818. The van der Waals surface area contributed by atoms with Crippen molar-refractivity contribution in [3.05, 3.63) is 0 Å². The van der Waals surface area contributed by atoms with Crippen LogP contribution in [0.4, 0.5) is 0 Å². The fourth-order valence-electron chi connectivity index (χ4n) is 1.35. The summed E-state index contributed by atoms with van der Waals surface area (Å²) in [6.45, 7) is 4.50. The highest BCUT2D eigenvalue weighted by molar-refractivity contribution is 5.87. The van der Waals surface area contributed by atoms with Crippen LogP contribution in [0.3, 0.4) is 0 Å². The molecule has 1 saturated heterocycles. The maximum absolute atomic E-state index is 11.5. The lowest BCUT2D eigenvalue weighted by molar-refractivity contribution is -0.144. The molecule has 1 rings (SSSR count). The van der Waals surface area contributed by atoms with Crippen LogP contribution < -0.4 is 10.6 Å². The molecular formula is C9H16N2O3. The van der Waals surface area contributed by atoms with Gasteiger partial charge in [0.15, 0.2) is 0 Å². The molecule has 0 radical (unpaired) electrons. The van der Waals surface area contributed by atoms with Gasteiger partial charge in [-0.1, -0.05) is 0 Å². The van der Waals surface area contributed by atoms with E-state index < -0.39 is 6.04 Å². The highest BCUT2D eigenvalue weighted by Gasteiger charge is 2.33. The Morgan fingerprint density at radius 2 is 2.29 bits per heavy atom. The molecule has 5 heteroatoms. The van der Waals surface area contributed by atoms with Crippen LogP contribution in [0.1, 0.15) is 20.3 Å². The van der Waals surface area contributed by atoms with Gasteiger partial charge in [0, 0.05) is 12.1 Å². The summed E-state index contributed by atoms with van der Waals surface area (Å²) in [5.41, 5.74) is -0.246. The minimum atomic E-state index is -0.463. The summed E-state index contributed by atoms with van der Waals surface area (Å²) in [6, 6.07) is -0.463. The van der Waals surface area contributed by atoms with Crippen molar-refractivity contribution in [2.24, 2.45) is 0 Å². The first-order valence-electron chi connectivity index (χ1n) is 4.57. The molecule has 1 amide bonds. The Labute approximate surface area is 83.2 Å². The number of piperazine rings is 1. The van der Waals surface area contributed by atoms with Crippen LogP contribution in [0.15, 0.2) is 0 Å². The van der Waals surface area contributed by atoms with Crippen LogP contribution in [-0.4, -0.2) is 37.1 Å². The largest absolute Gasteiger partial charge is 0.469 e. The lowest BCUT2D eigenvalue weighted by Gasteiger charge is -2.35. The number of amides is 1. The molecule has 0 aromatic heterocycles. The standard InChI is InChI=1S/C9H16N2O3/c1-9(2)5-10-6(8(13)11-9)4-7(12)14-3/h6,10H,4-5H2,1-3H3,(H,11,13). The molecule has 0 aliphatic carbocycles. The van der Waals surface area contributed by atoms with Crippen molar-refractivity contribution in [1.82, 2.24) is 10.6 Å². The van der Waals surface area contributed by atoms with Crippen LogP contribution >= 0.6 is 0 Å². The highest BCUT2D eigenvalue weighted by atomic mass is 16.5. The van der Waals surface area contributed by atoms with Gasteiger partial charge >= 0.3 is 5.97 Å². The molecule has 1 heterocycles. The molecule has 1 atom stereocenters. The van der Waals surface area contributed by atoms with Gasteiger partial charge in [-0.3, -0.25) is 9.59 Å². The van der Waals surface area contributed by atoms with E-state index in [1.165, 1.54) is 7.11 Å². The van der Waals surface area contributed by atoms with E-state index in [-0.39, 0.29) is 23.8 Å². The summed E-state index contributed by atoms with van der Waals surface area (Å²) in [7, 11) is 1.31. The summed E-state index contributed by atoms with van der Waals surface area (Å²) < 4.78 is 4.49. The van der Waals surface area contributed by atoms with Crippen LogP contribution in [-0.2, 0) is 14.3 Å². The third-order valence-electron chi connectivity index (χ3n) is 2.17. The quantitative estimate of drug-likeness (QED) is 0.585. The maximum Gasteiger partial charge on any atom is 0.307 e. The Kier molecular flexibility index (Phi) is 3.10. The number of hydrogen-bond donors (Lipinski definition) is 2. The molecule has 1 fully saturated rings. The van der Waals surface area contributed by atoms with Crippen molar-refractivity contribution in [3.8, 4) is 0 Å². The lowest BCUT2D eigenvalue weighted by atomic mass is 9.99. The van der Waals surface area contributed by atoms with Gasteiger partial charge in [-0.25, -0.2) is 0 Å². The van der Waals surface area contributed by atoms with Gasteiger partial charge in [0.25, 0.3) is 0 Å². The summed E-state index contributed by atoms with van der Waals surface area (Å²) in [6.07, 6.45) is 0.0818. The minimum Gasteiger partial charge on any atom is -0.469 e. The van der Waals surface area contributed by atoms with Crippen molar-refractivity contribution in [2.75, 3.05) is 13.7 Å². The van der Waals surface area contributed by atoms with Gasteiger partial charge in [-0.15, -0.1) is 0 Å². The number of rotatable bonds is 2. The molecule has 1 unspecified atom stereocenters. The molecule has 1 aliphatic rings. The van der Waals surface area contributed by atoms with Crippen molar-refractivity contribution >= 4 is 11.9 Å². The zero-order valence-electron chi connectivity index (χ0n) is 8.72. The van der Waals surface area contributed by atoms with E-state index in [2.05, 4.69) is 15.4 Å². The van der Waals surface area contributed by atoms with Gasteiger partial charge in [0.05, 0.1) is 19.6 Å². The van der Waals surface area contributed by atoms with E-state index >= 15 is 0 Å². The normalized spacial score (nSPS) is 25.4. The lowest BCUT2D eigenvalue weighted by Crippen LogP contribution is -2.63. The smallest absolute Gasteiger partial charge is 0.307 e. The number of carbonyl (C=O) groups excluding carboxylic acids is 2. The average molecular weight is 200 g/mol. The highest BCUT2D eigenvalue weighted by Crippen LogP contribution is 2.08. The van der Waals surface area contributed by atoms with Crippen molar-refractivity contribution < 1.29 is 14.3 Å². The monoisotopic (exact) mass is 200 g/mol. The van der Waals surface area contributed by atoms with Crippen LogP contribution in [0, 0.1) is 0 Å². The molecule has 0 aromatic carbocycles. The van der Waals surface area contributed by atoms with Gasteiger partial charge in [0.2, 0.25) is 5.91 Å². The van der Waals surface area contributed by atoms with Gasteiger partial charge in [-0.2, -0.15) is 0 Å². The van der Waals surface area contributed by atoms with Crippen LogP contribution in [0.25, 0.3) is 0 Å². The number of methoxy groups -OCH3 is 1. The topological polar surface area (TPSA) is 67.4 Å². The first kappa shape index (κ1) is 11.0. The third kappa shape index (κ3) is 2.70. The number of esters is 1. The van der Waals surface area contributed by atoms with Crippen molar-refractivity contribution in [1.29, 1.82) is 0 Å². The number of hydrogen-bond acceptors (Lipinski definition) is 4. The Bertz CT molecular complexity index is 250. The summed E-state index contributed by atoms with van der Waals surface area (Å²) in [4.78, 5) is 22.4. The summed E-state index contributed by atoms with van der Waals surface area (Å²) in [5.74, 6) is -0.524. The van der Waals surface area contributed by atoms with Crippen molar-refractivity contribution in [3.63, 3.8) is 0 Å². The molecule has 5 nitrogen and oxygen atoms in total. The predicted molar refractivity (Wildman–Crippen MR) is 50.6 cm³/mol. The van der Waals surface area contributed by atoms with E-state index in [1.54, 1.807) is 0 Å². The number of carbonyl (C=O) groups is 2. The second-order valence-corrected chi connectivity index (χ2v) is 4.09. The molecule has 2 N–H and O–H groups in total. The fraction of sp³-hybridized carbons (Fsp3) is 0.778. The molecule has 0 bridgehead atoms. The number of nitrogens with one attached hydrogen (secondary N) is 2. The van der Waals surface area contributed by atoms with Gasteiger partial charge in [0.1, 0.15) is 0 Å². The molecular weight excluding hydrogens is 184 g/mol. The summed E-state index contributed by atoms with van der Waals surface area (Å²) >= 11 is 0. The fourth-order valence-corrected chi connectivity index (χ4v) is 1.35. The SMILES string of the molecule is COC(=O)CC1NCC(C)(C)NC1=O. The molecule has 1 aliphatic heterocycles. The third-order valence-corrected chi connectivity index (χ3v) is 2.17. The van der Waals surface area contributed by atoms with E-state index in [0.29, 0.717) is 6.54 Å². The Morgan fingerprint density at radius 3 is 2.79 bits per heavy atom. The summed E-state index contributed by atoms with van der Waals surface area (Å²) in [5, 5.41) is 5.84. The molecule has 0 spiro atoms. The first-order valence-corrected chi connectivity index (χ1v) is 4.57. The van der Waals surface area contributed by atoms with Gasteiger partial charge in [-0.05, 0) is 13.8 Å². The zero-order valence-corrected chi connectivity index (χ0v) is 8.72. The predicted octanol–water partition coefficient (Wildman–Crippen LogP) is -0.584. The molecule has 0 aromatic rings. The van der Waals surface area contributed by atoms with Crippen LogP contribution in [0.5, 0.6) is 0 Å². The Balaban J connectivity index is 2.50.